The van der Waals surface area contributed by atoms with Gasteiger partial charge in [0.2, 0.25) is 0 Å². The van der Waals surface area contributed by atoms with E-state index < -0.39 is 17.5 Å². The number of nitrogens with zero attached hydrogens (tertiary/aromatic N) is 1. The summed E-state index contributed by atoms with van der Waals surface area (Å²) in [4.78, 5) is 34.8. The molecule has 0 atom stereocenters. The number of hydrogen-bond donors (Lipinski definition) is 2. The predicted molar refractivity (Wildman–Crippen MR) is 96.8 cm³/mol. The highest BCUT2D eigenvalue weighted by molar-refractivity contribution is 5.97. The topological polar surface area (TPSA) is 125 Å². The highest BCUT2D eigenvalue weighted by atomic mass is 16.6. The molecule has 3 N–H and O–H groups in total. The summed E-state index contributed by atoms with van der Waals surface area (Å²) >= 11 is 0. The molecule has 4 bridgehead atoms. The zero-order valence-corrected chi connectivity index (χ0v) is 15.0. The number of nitro benzene ring substituents is 1. The van der Waals surface area contributed by atoms with E-state index in [1.54, 1.807) is 0 Å². The van der Waals surface area contributed by atoms with Gasteiger partial charge in [0, 0.05) is 23.4 Å². The Kier molecular flexibility index (Phi) is 4.28. The number of nitro groups is 1. The molecule has 4 fully saturated rings. The largest absolute Gasteiger partial charge is 0.452 e. The van der Waals surface area contributed by atoms with Gasteiger partial charge in [-0.15, -0.1) is 0 Å². The van der Waals surface area contributed by atoms with Crippen molar-refractivity contribution in [2.45, 2.75) is 44.1 Å². The average molecular weight is 373 g/mol. The maximum atomic E-state index is 12.4. The summed E-state index contributed by atoms with van der Waals surface area (Å²) in [5, 5.41) is 14.0. The van der Waals surface area contributed by atoms with Crippen LogP contribution in [0, 0.1) is 27.9 Å². The highest BCUT2D eigenvalue weighted by Crippen LogP contribution is 2.55. The van der Waals surface area contributed by atoms with Crippen molar-refractivity contribution in [2.75, 3.05) is 12.3 Å². The summed E-state index contributed by atoms with van der Waals surface area (Å²) in [6, 6.07) is 3.56. The van der Waals surface area contributed by atoms with Gasteiger partial charge in [-0.05, 0) is 62.3 Å². The van der Waals surface area contributed by atoms with Crippen molar-refractivity contribution in [1.82, 2.24) is 5.32 Å². The molecular weight excluding hydrogens is 350 g/mol. The van der Waals surface area contributed by atoms with Crippen LogP contribution in [0.1, 0.15) is 48.9 Å². The number of carbonyl (C=O) groups is 2. The molecule has 1 aromatic carbocycles. The monoisotopic (exact) mass is 373 g/mol. The van der Waals surface area contributed by atoms with E-state index in [1.807, 2.05) is 0 Å². The van der Waals surface area contributed by atoms with E-state index in [9.17, 15) is 19.7 Å². The number of benzene rings is 1. The van der Waals surface area contributed by atoms with Crippen LogP contribution in [-0.2, 0) is 9.53 Å². The molecule has 0 unspecified atom stereocenters. The minimum absolute atomic E-state index is 0.0760. The second kappa shape index (κ2) is 6.51. The summed E-state index contributed by atoms with van der Waals surface area (Å²) in [6.45, 7) is -0.414. The Balaban J connectivity index is 1.36. The van der Waals surface area contributed by atoms with Crippen molar-refractivity contribution in [2.24, 2.45) is 17.8 Å². The van der Waals surface area contributed by atoms with Crippen molar-refractivity contribution >= 4 is 23.3 Å². The van der Waals surface area contributed by atoms with Crippen LogP contribution in [0.3, 0.4) is 0 Å². The minimum atomic E-state index is -0.836. The number of amides is 1. The molecule has 0 aliphatic heterocycles. The normalized spacial score (nSPS) is 30.7. The molecule has 0 radical (unpaired) electrons. The molecule has 4 aliphatic rings. The Hall–Kier alpha value is -2.64. The number of hydrogen-bond acceptors (Lipinski definition) is 6. The fourth-order valence-electron chi connectivity index (χ4n) is 5.64. The number of nitrogen functional groups attached to an aromatic ring is 1. The Labute approximate surface area is 156 Å². The van der Waals surface area contributed by atoms with Gasteiger partial charge in [0.15, 0.2) is 6.61 Å². The Morgan fingerprint density at radius 1 is 1.19 bits per heavy atom. The number of nitrogens with one attached hydrogen (secondary N) is 1. The number of ether oxygens (including phenoxy) is 1. The quantitative estimate of drug-likeness (QED) is 0.353. The van der Waals surface area contributed by atoms with Gasteiger partial charge in [0.05, 0.1) is 10.5 Å². The first-order valence-corrected chi connectivity index (χ1v) is 9.35. The molecule has 0 heterocycles. The number of esters is 1. The minimum Gasteiger partial charge on any atom is -0.452 e. The lowest BCUT2D eigenvalue weighted by Crippen LogP contribution is -2.60. The van der Waals surface area contributed by atoms with Crippen molar-refractivity contribution in [3.8, 4) is 0 Å². The molecule has 1 amide bonds. The molecule has 1 aromatic rings. The highest BCUT2D eigenvalue weighted by Gasteiger charge is 2.51. The summed E-state index contributed by atoms with van der Waals surface area (Å²) < 4.78 is 5.07. The van der Waals surface area contributed by atoms with Gasteiger partial charge in [-0.25, -0.2) is 4.79 Å². The second-order valence-electron chi connectivity index (χ2n) is 8.35. The summed E-state index contributed by atoms with van der Waals surface area (Å²) in [5.41, 5.74) is 5.27. The van der Waals surface area contributed by atoms with Gasteiger partial charge in [-0.3, -0.25) is 14.9 Å². The third kappa shape index (κ3) is 3.48. The second-order valence-corrected chi connectivity index (χ2v) is 8.35. The van der Waals surface area contributed by atoms with Gasteiger partial charge in [-0.2, -0.15) is 0 Å². The molecule has 144 valence electrons. The third-order valence-electron chi connectivity index (χ3n) is 6.24. The maximum absolute atomic E-state index is 12.4. The van der Waals surface area contributed by atoms with E-state index in [-0.39, 0.29) is 28.4 Å². The molecular formula is C19H23N3O5. The zero-order chi connectivity index (χ0) is 19.2. The van der Waals surface area contributed by atoms with Crippen LogP contribution < -0.4 is 11.1 Å². The van der Waals surface area contributed by atoms with Crippen LogP contribution in [0.15, 0.2) is 18.2 Å². The Morgan fingerprint density at radius 2 is 1.78 bits per heavy atom. The van der Waals surface area contributed by atoms with E-state index in [1.165, 1.54) is 31.4 Å². The van der Waals surface area contributed by atoms with Crippen molar-refractivity contribution in [3.05, 3.63) is 33.9 Å². The SMILES string of the molecule is Nc1ccc([N+](=O)[O-])cc1C(=O)OCC(=O)NC12CC3CC(CC(C3)C1)C2. The predicted octanol–water partition coefficient (Wildman–Crippen LogP) is 2.42. The summed E-state index contributed by atoms with van der Waals surface area (Å²) in [7, 11) is 0. The molecule has 8 heteroatoms. The number of carbonyl (C=O) groups excluding carboxylic acids is 2. The first kappa shape index (κ1) is 17.8. The third-order valence-corrected chi connectivity index (χ3v) is 6.24. The molecule has 5 rings (SSSR count). The van der Waals surface area contributed by atoms with Crippen LogP contribution in [0.4, 0.5) is 11.4 Å². The fraction of sp³-hybridized carbons (Fsp3) is 0.579. The van der Waals surface area contributed by atoms with Gasteiger partial charge in [-0.1, -0.05) is 0 Å². The lowest BCUT2D eigenvalue weighted by molar-refractivity contribution is -0.384. The van der Waals surface area contributed by atoms with Gasteiger partial charge >= 0.3 is 5.97 Å². The smallest absolute Gasteiger partial charge is 0.341 e. The first-order chi connectivity index (χ1) is 12.8. The van der Waals surface area contributed by atoms with Crippen LogP contribution in [0.2, 0.25) is 0 Å². The molecule has 0 saturated heterocycles. The maximum Gasteiger partial charge on any atom is 0.341 e. The van der Waals surface area contributed by atoms with Gasteiger partial charge in [0.1, 0.15) is 0 Å². The van der Waals surface area contributed by atoms with E-state index in [0.29, 0.717) is 17.8 Å². The van der Waals surface area contributed by atoms with E-state index in [0.717, 1.165) is 25.3 Å². The molecule has 27 heavy (non-hydrogen) atoms. The lowest BCUT2D eigenvalue weighted by Gasteiger charge is -2.56. The van der Waals surface area contributed by atoms with Crippen molar-refractivity contribution in [3.63, 3.8) is 0 Å². The summed E-state index contributed by atoms with van der Waals surface area (Å²) in [5.74, 6) is 0.933. The Bertz CT molecular complexity index is 771. The van der Waals surface area contributed by atoms with E-state index in [4.69, 9.17) is 10.5 Å². The number of non-ortho nitro benzene ring substituents is 1. The number of nitrogens with two attached hydrogens (primary N) is 1. The van der Waals surface area contributed by atoms with Gasteiger partial charge < -0.3 is 15.8 Å². The molecule has 0 spiro atoms. The molecule has 4 saturated carbocycles. The van der Waals surface area contributed by atoms with E-state index in [2.05, 4.69) is 5.32 Å². The summed E-state index contributed by atoms with van der Waals surface area (Å²) in [6.07, 6.45) is 6.85. The van der Waals surface area contributed by atoms with Crippen LogP contribution in [0.5, 0.6) is 0 Å². The molecule has 0 aromatic heterocycles. The number of anilines is 1. The van der Waals surface area contributed by atoms with Crippen LogP contribution in [-0.4, -0.2) is 28.9 Å². The Morgan fingerprint density at radius 3 is 2.33 bits per heavy atom. The van der Waals surface area contributed by atoms with Crippen LogP contribution >= 0.6 is 0 Å². The standard InChI is InChI=1S/C19H23N3O5/c20-16-2-1-14(22(25)26)6-15(16)18(24)27-10-17(23)21-19-7-11-3-12(8-19)5-13(4-11)9-19/h1-2,6,11-13H,3-5,7-10,20H2,(H,21,23). The van der Waals surface area contributed by atoms with Crippen molar-refractivity contribution in [1.29, 1.82) is 0 Å². The number of rotatable bonds is 5. The van der Waals surface area contributed by atoms with Crippen LogP contribution in [0.25, 0.3) is 0 Å². The first-order valence-electron chi connectivity index (χ1n) is 9.35. The zero-order valence-electron chi connectivity index (χ0n) is 15.0. The average Bonchev–Trinajstić information content (AvgIpc) is 2.58. The molecule has 4 aliphatic carbocycles. The van der Waals surface area contributed by atoms with Crippen molar-refractivity contribution < 1.29 is 19.2 Å². The molecule has 8 nitrogen and oxygen atoms in total. The van der Waals surface area contributed by atoms with Gasteiger partial charge in [0.25, 0.3) is 11.6 Å². The fourth-order valence-corrected chi connectivity index (χ4v) is 5.64. The van der Waals surface area contributed by atoms with E-state index >= 15 is 0 Å². The lowest BCUT2D eigenvalue weighted by atomic mass is 9.53.